The Balaban J connectivity index is 1.92. The van der Waals surface area contributed by atoms with E-state index in [1.54, 1.807) is 0 Å². The van der Waals surface area contributed by atoms with Crippen LogP contribution in [0.15, 0.2) is 12.1 Å². The minimum Gasteiger partial charge on any atom is -0.407 e. The number of carbonyl (C=O) groups excluding carboxylic acids is 1. The van der Waals surface area contributed by atoms with Gasteiger partial charge in [0.1, 0.15) is 0 Å². The second kappa shape index (κ2) is 17.7. The fraction of sp³-hybridized carbons (Fsp3) is 0.720. The number of hydrogen-bond donors (Lipinski definition) is 4. The van der Waals surface area contributed by atoms with Gasteiger partial charge in [-0.3, -0.25) is 4.79 Å². The summed E-state index contributed by atoms with van der Waals surface area (Å²) in [6.45, 7) is 2.93. The van der Waals surface area contributed by atoms with Crippen LogP contribution >= 0.6 is 0 Å². The number of benzene rings is 1. The van der Waals surface area contributed by atoms with Crippen LogP contribution in [0.1, 0.15) is 120 Å². The lowest BCUT2D eigenvalue weighted by Gasteiger charge is -2.10. The van der Waals surface area contributed by atoms with E-state index in [0.29, 0.717) is 12.1 Å². The number of hydrogen-bond acceptors (Lipinski definition) is 5. The van der Waals surface area contributed by atoms with Crippen molar-refractivity contribution in [2.45, 2.75) is 110 Å². The first-order valence-corrected chi connectivity index (χ1v) is 12.4. The predicted octanol–water partition coefficient (Wildman–Crippen LogP) is 6.09. The first-order valence-electron chi connectivity index (χ1n) is 12.4. The molecule has 0 bridgehead atoms. The Morgan fingerprint density at radius 2 is 1.13 bits per heavy atom. The summed E-state index contributed by atoms with van der Waals surface area (Å²) in [5.74, 6) is 5.15. The van der Waals surface area contributed by atoms with Crippen molar-refractivity contribution < 1.29 is 9.63 Å². The fourth-order valence-corrected chi connectivity index (χ4v) is 3.92. The highest BCUT2D eigenvalue weighted by Crippen LogP contribution is 2.29. The Hall–Kier alpha value is -1.95. The normalized spacial score (nSPS) is 10.9. The number of carbonyl (C=O) groups is 1. The van der Waals surface area contributed by atoms with Gasteiger partial charge in [-0.25, -0.2) is 0 Å². The molecule has 31 heavy (non-hydrogen) atoms. The average Bonchev–Trinajstić information content (AvgIpc) is 2.75. The average molecular weight is 435 g/mol. The molecule has 6 nitrogen and oxygen atoms in total. The zero-order valence-electron chi connectivity index (χ0n) is 19.7. The lowest BCUT2D eigenvalue weighted by atomic mass is 10.0. The molecule has 0 fully saturated rings. The van der Waals surface area contributed by atoms with Crippen molar-refractivity contribution in [3.05, 3.63) is 17.7 Å². The second-order valence-electron chi connectivity index (χ2n) is 8.66. The molecule has 1 aromatic rings. The summed E-state index contributed by atoms with van der Waals surface area (Å²) in [6, 6.07) is 3.06. The minimum atomic E-state index is -0.178. The number of rotatable bonds is 19. The maximum Gasteiger partial charge on any atom is 0.251 e. The van der Waals surface area contributed by atoms with Gasteiger partial charge in [-0.1, -0.05) is 103 Å². The summed E-state index contributed by atoms with van der Waals surface area (Å²) in [4.78, 5) is 16.8. The zero-order chi connectivity index (χ0) is 22.7. The predicted molar refractivity (Wildman–Crippen MR) is 132 cm³/mol. The highest BCUT2D eigenvalue weighted by atomic mass is 16.6. The standard InChI is InChI=1S/C25H46N4O2/c1-2-3-4-5-6-7-8-9-10-11-12-13-14-15-16-17-18-29-25(30)21-19-22(26)24(31-28)23(27)20-21/h19-20H,2-18,26-28H2,1H3,(H,29,30). The molecule has 0 aromatic heterocycles. The molecule has 0 saturated carbocycles. The Labute approximate surface area is 189 Å². The SMILES string of the molecule is CCCCCCCCCCCCCCCCCCNC(=O)c1cc(N)c(ON)c(N)c1. The van der Waals surface area contributed by atoms with Crippen molar-refractivity contribution >= 4 is 17.3 Å². The Morgan fingerprint density at radius 3 is 1.52 bits per heavy atom. The summed E-state index contributed by atoms with van der Waals surface area (Å²) >= 11 is 0. The van der Waals surface area contributed by atoms with Crippen LogP contribution in [-0.2, 0) is 0 Å². The summed E-state index contributed by atoms with van der Waals surface area (Å²) < 4.78 is 0. The first kappa shape index (κ1) is 27.1. The van der Waals surface area contributed by atoms with Crippen molar-refractivity contribution in [1.29, 1.82) is 0 Å². The number of nitrogens with one attached hydrogen (secondary N) is 1. The van der Waals surface area contributed by atoms with E-state index < -0.39 is 0 Å². The van der Waals surface area contributed by atoms with Crippen LogP contribution in [0.5, 0.6) is 5.75 Å². The number of nitrogen functional groups attached to an aromatic ring is 2. The molecule has 0 heterocycles. The lowest BCUT2D eigenvalue weighted by Crippen LogP contribution is -2.24. The largest absolute Gasteiger partial charge is 0.407 e. The molecule has 7 N–H and O–H groups in total. The lowest BCUT2D eigenvalue weighted by molar-refractivity contribution is 0.0953. The number of anilines is 2. The third-order valence-electron chi connectivity index (χ3n) is 5.84. The van der Waals surface area contributed by atoms with Gasteiger partial charge in [0.2, 0.25) is 0 Å². The van der Waals surface area contributed by atoms with Crippen molar-refractivity contribution in [3.8, 4) is 5.75 Å². The van der Waals surface area contributed by atoms with E-state index in [0.717, 1.165) is 12.8 Å². The molecule has 0 aliphatic rings. The fourth-order valence-electron chi connectivity index (χ4n) is 3.92. The van der Waals surface area contributed by atoms with E-state index in [1.807, 2.05) is 0 Å². The minimum absolute atomic E-state index is 0.178. The molecular weight excluding hydrogens is 388 g/mol. The van der Waals surface area contributed by atoms with Crippen LogP contribution in [0.2, 0.25) is 0 Å². The molecule has 0 atom stereocenters. The molecule has 0 saturated heterocycles. The smallest absolute Gasteiger partial charge is 0.251 e. The van der Waals surface area contributed by atoms with Crippen LogP contribution in [0.3, 0.4) is 0 Å². The summed E-state index contributed by atoms with van der Waals surface area (Å²) in [5.41, 5.74) is 12.5. The van der Waals surface area contributed by atoms with E-state index in [9.17, 15) is 4.79 Å². The quantitative estimate of drug-likeness (QED) is 0.119. The molecule has 0 aliphatic heterocycles. The topological polar surface area (TPSA) is 116 Å². The van der Waals surface area contributed by atoms with Crippen molar-refractivity contribution in [2.75, 3.05) is 18.0 Å². The third kappa shape index (κ3) is 12.5. The van der Waals surface area contributed by atoms with E-state index in [4.69, 9.17) is 17.4 Å². The van der Waals surface area contributed by atoms with Gasteiger partial charge in [-0.15, -0.1) is 0 Å². The number of amides is 1. The van der Waals surface area contributed by atoms with Gasteiger partial charge in [0.15, 0.2) is 5.75 Å². The molecule has 1 amide bonds. The zero-order valence-corrected chi connectivity index (χ0v) is 19.7. The van der Waals surface area contributed by atoms with Crippen LogP contribution in [-0.4, -0.2) is 12.5 Å². The molecule has 0 unspecified atom stereocenters. The monoisotopic (exact) mass is 434 g/mol. The van der Waals surface area contributed by atoms with Gasteiger partial charge < -0.3 is 21.6 Å². The second-order valence-corrected chi connectivity index (χ2v) is 8.66. The van der Waals surface area contributed by atoms with Gasteiger partial charge in [0, 0.05) is 12.1 Å². The molecule has 178 valence electrons. The van der Waals surface area contributed by atoms with Gasteiger partial charge in [-0.2, -0.15) is 5.90 Å². The van der Waals surface area contributed by atoms with E-state index in [1.165, 1.54) is 102 Å². The van der Waals surface area contributed by atoms with E-state index in [2.05, 4.69) is 17.1 Å². The highest BCUT2D eigenvalue weighted by Gasteiger charge is 2.12. The highest BCUT2D eigenvalue weighted by molar-refractivity contribution is 5.97. The Morgan fingerprint density at radius 1 is 0.742 bits per heavy atom. The van der Waals surface area contributed by atoms with Gasteiger partial charge >= 0.3 is 0 Å². The molecule has 0 radical (unpaired) electrons. The summed E-state index contributed by atoms with van der Waals surface area (Å²) in [5, 5.41) is 2.92. The van der Waals surface area contributed by atoms with Crippen molar-refractivity contribution in [3.63, 3.8) is 0 Å². The Kier molecular flexibility index (Phi) is 15.5. The number of nitrogens with two attached hydrogens (primary N) is 3. The summed E-state index contributed by atoms with van der Waals surface area (Å²) in [7, 11) is 0. The molecule has 1 aromatic carbocycles. The van der Waals surface area contributed by atoms with Crippen LogP contribution in [0.4, 0.5) is 11.4 Å². The molecule has 6 heteroatoms. The molecular formula is C25H46N4O2. The van der Waals surface area contributed by atoms with Gasteiger partial charge in [0.05, 0.1) is 11.4 Å². The van der Waals surface area contributed by atoms with Crippen molar-refractivity contribution in [2.24, 2.45) is 5.90 Å². The molecule has 1 rings (SSSR count). The van der Waals surface area contributed by atoms with Crippen LogP contribution < -0.4 is 27.5 Å². The first-order chi connectivity index (χ1) is 15.1. The van der Waals surface area contributed by atoms with Crippen molar-refractivity contribution in [1.82, 2.24) is 5.32 Å². The molecule has 0 spiro atoms. The van der Waals surface area contributed by atoms with Gasteiger partial charge in [-0.05, 0) is 18.6 Å². The number of unbranched alkanes of at least 4 members (excludes halogenated alkanes) is 15. The van der Waals surface area contributed by atoms with Crippen LogP contribution in [0, 0.1) is 0 Å². The van der Waals surface area contributed by atoms with E-state index >= 15 is 0 Å². The van der Waals surface area contributed by atoms with Gasteiger partial charge in [0.25, 0.3) is 5.91 Å². The molecule has 0 aliphatic carbocycles. The maximum absolute atomic E-state index is 12.2. The van der Waals surface area contributed by atoms with Crippen LogP contribution in [0.25, 0.3) is 0 Å². The third-order valence-corrected chi connectivity index (χ3v) is 5.84. The Bertz CT molecular complexity index is 584. The maximum atomic E-state index is 12.2. The van der Waals surface area contributed by atoms with E-state index in [-0.39, 0.29) is 23.0 Å². The summed E-state index contributed by atoms with van der Waals surface area (Å²) in [6.07, 6.45) is 21.4.